The molecule has 3 rings (SSSR count). The highest BCUT2D eigenvalue weighted by Crippen LogP contribution is 2.31. The van der Waals surface area contributed by atoms with E-state index in [9.17, 15) is 4.79 Å². The molecule has 0 saturated carbocycles. The second-order valence-electron chi connectivity index (χ2n) is 6.49. The van der Waals surface area contributed by atoms with Crippen LogP contribution in [0.15, 0.2) is 34.9 Å². The molecule has 0 bridgehead atoms. The van der Waals surface area contributed by atoms with Crippen molar-refractivity contribution < 1.29 is 9.21 Å². The Labute approximate surface area is 164 Å². The van der Waals surface area contributed by atoms with Gasteiger partial charge in [0.05, 0.1) is 16.5 Å². The van der Waals surface area contributed by atoms with E-state index >= 15 is 0 Å². The van der Waals surface area contributed by atoms with Gasteiger partial charge in [-0.1, -0.05) is 11.3 Å². The first-order valence-corrected chi connectivity index (χ1v) is 9.15. The van der Waals surface area contributed by atoms with E-state index < -0.39 is 0 Å². The molecular weight excluding hydrogens is 370 g/mol. The second-order valence-corrected chi connectivity index (χ2v) is 7.50. The summed E-state index contributed by atoms with van der Waals surface area (Å²) in [4.78, 5) is 21.4. The molecule has 0 N–H and O–H groups in total. The number of carbonyl (C=O) groups excluding carboxylic acids is 1. The second kappa shape index (κ2) is 8.66. The van der Waals surface area contributed by atoms with Crippen LogP contribution in [0.2, 0.25) is 0 Å². The van der Waals surface area contributed by atoms with Crippen LogP contribution in [0.25, 0.3) is 10.2 Å². The largest absolute Gasteiger partial charge is 0.459 e. The smallest absolute Gasteiger partial charge is 0.295 e. The van der Waals surface area contributed by atoms with E-state index in [-0.39, 0.29) is 18.3 Å². The maximum absolute atomic E-state index is 12.9. The summed E-state index contributed by atoms with van der Waals surface area (Å²) in [6, 6.07) is 7.65. The van der Waals surface area contributed by atoms with Gasteiger partial charge in [-0.3, -0.25) is 9.69 Å². The minimum atomic E-state index is -0.142. The van der Waals surface area contributed by atoms with Crippen LogP contribution < -0.4 is 4.90 Å². The number of hydrogen-bond donors (Lipinski definition) is 0. The van der Waals surface area contributed by atoms with Crippen molar-refractivity contribution in [2.45, 2.75) is 20.3 Å². The summed E-state index contributed by atoms with van der Waals surface area (Å²) in [7, 11) is 4.06. The number of benzene rings is 1. The third-order valence-electron chi connectivity index (χ3n) is 4.19. The monoisotopic (exact) mass is 393 g/mol. The number of furan rings is 1. The van der Waals surface area contributed by atoms with E-state index in [1.807, 2.05) is 14.1 Å². The lowest BCUT2D eigenvalue weighted by Crippen LogP contribution is -2.33. The Morgan fingerprint density at radius 3 is 2.58 bits per heavy atom. The number of aryl methyl sites for hydroxylation is 2. The van der Waals surface area contributed by atoms with E-state index in [4.69, 9.17) is 9.40 Å². The van der Waals surface area contributed by atoms with Gasteiger partial charge in [0.25, 0.3) is 5.91 Å². The van der Waals surface area contributed by atoms with Crippen molar-refractivity contribution in [1.29, 1.82) is 0 Å². The number of nitrogens with zero attached hydrogens (tertiary/aromatic N) is 3. The van der Waals surface area contributed by atoms with Gasteiger partial charge in [-0.2, -0.15) is 0 Å². The molecule has 0 spiro atoms. The molecule has 0 aliphatic rings. The molecule has 7 heteroatoms. The number of fused-ring (bicyclic) bond motifs is 1. The van der Waals surface area contributed by atoms with Crippen LogP contribution >= 0.6 is 23.7 Å². The molecule has 1 amide bonds. The van der Waals surface area contributed by atoms with E-state index in [0.29, 0.717) is 12.3 Å². The number of anilines is 1. The Morgan fingerprint density at radius 2 is 1.92 bits per heavy atom. The Balaban J connectivity index is 0.00000243. The number of hydrogen-bond acceptors (Lipinski definition) is 5. The van der Waals surface area contributed by atoms with Crippen LogP contribution in [-0.4, -0.2) is 43.0 Å². The minimum Gasteiger partial charge on any atom is -0.459 e. The molecule has 140 valence electrons. The van der Waals surface area contributed by atoms with Gasteiger partial charge in [-0.25, -0.2) is 4.98 Å². The summed E-state index contributed by atoms with van der Waals surface area (Å²) in [5.41, 5.74) is 3.38. The maximum Gasteiger partial charge on any atom is 0.295 e. The lowest BCUT2D eigenvalue weighted by Gasteiger charge is -2.19. The number of rotatable bonds is 6. The number of thiazole rings is 1. The molecule has 0 radical (unpaired) electrons. The fourth-order valence-electron chi connectivity index (χ4n) is 2.65. The van der Waals surface area contributed by atoms with E-state index in [1.54, 1.807) is 28.4 Å². The zero-order valence-electron chi connectivity index (χ0n) is 15.5. The highest BCUT2D eigenvalue weighted by atomic mass is 35.5. The lowest BCUT2D eigenvalue weighted by molar-refractivity contribution is 0.0959. The average molecular weight is 394 g/mol. The molecule has 5 nitrogen and oxygen atoms in total. The quantitative estimate of drug-likeness (QED) is 0.617. The molecule has 0 atom stereocenters. The Kier molecular flexibility index (Phi) is 6.81. The van der Waals surface area contributed by atoms with Gasteiger partial charge in [-0.05, 0) is 76.3 Å². The van der Waals surface area contributed by atoms with Crippen molar-refractivity contribution in [3.63, 3.8) is 0 Å². The van der Waals surface area contributed by atoms with E-state index in [2.05, 4.69) is 30.9 Å². The molecule has 0 fully saturated rings. The zero-order chi connectivity index (χ0) is 18.0. The van der Waals surface area contributed by atoms with Gasteiger partial charge in [0.15, 0.2) is 10.9 Å². The molecule has 2 heterocycles. The summed E-state index contributed by atoms with van der Waals surface area (Å²) in [6.07, 6.45) is 2.39. The number of halogens is 1. The topological polar surface area (TPSA) is 49.6 Å². The van der Waals surface area contributed by atoms with Crippen molar-refractivity contribution in [2.24, 2.45) is 0 Å². The van der Waals surface area contributed by atoms with Crippen molar-refractivity contribution in [1.82, 2.24) is 9.88 Å². The molecule has 0 saturated heterocycles. The van der Waals surface area contributed by atoms with Gasteiger partial charge < -0.3 is 9.32 Å². The van der Waals surface area contributed by atoms with Crippen LogP contribution in [0.1, 0.15) is 28.1 Å². The predicted octanol–water partition coefficient (Wildman–Crippen LogP) is 4.53. The van der Waals surface area contributed by atoms with Crippen LogP contribution in [0, 0.1) is 13.8 Å². The van der Waals surface area contributed by atoms with Gasteiger partial charge >= 0.3 is 0 Å². The summed E-state index contributed by atoms with van der Waals surface area (Å²) in [5.74, 6) is 0.202. The van der Waals surface area contributed by atoms with Crippen molar-refractivity contribution >= 4 is 45.0 Å². The van der Waals surface area contributed by atoms with E-state index in [1.165, 1.54) is 17.4 Å². The van der Waals surface area contributed by atoms with Gasteiger partial charge in [0.2, 0.25) is 0 Å². The summed E-state index contributed by atoms with van der Waals surface area (Å²) < 4.78 is 6.41. The van der Waals surface area contributed by atoms with Crippen LogP contribution in [0.5, 0.6) is 0 Å². The molecule has 0 aliphatic carbocycles. The normalized spacial score (nSPS) is 11.0. The lowest BCUT2D eigenvalue weighted by atomic mass is 10.1. The molecule has 26 heavy (non-hydrogen) atoms. The Morgan fingerprint density at radius 1 is 1.19 bits per heavy atom. The first-order valence-electron chi connectivity index (χ1n) is 8.33. The summed E-state index contributed by atoms with van der Waals surface area (Å²) >= 11 is 1.55. The molecule has 0 aliphatic heterocycles. The Hall–Kier alpha value is -1.89. The SMILES string of the molecule is Cc1cc2nc(N(CCCN(C)C)C(=O)c3ccco3)sc2cc1C.Cl. The van der Waals surface area contributed by atoms with Crippen LogP contribution in [0.4, 0.5) is 5.13 Å². The third-order valence-corrected chi connectivity index (χ3v) is 5.23. The maximum atomic E-state index is 12.9. The van der Waals surface area contributed by atoms with Crippen molar-refractivity contribution in [3.05, 3.63) is 47.4 Å². The van der Waals surface area contributed by atoms with Crippen molar-refractivity contribution in [2.75, 3.05) is 32.1 Å². The fraction of sp³-hybridized carbons (Fsp3) is 0.368. The number of aromatic nitrogens is 1. The first-order chi connectivity index (χ1) is 12.0. The highest BCUT2D eigenvalue weighted by molar-refractivity contribution is 7.22. The average Bonchev–Trinajstić information content (AvgIpc) is 3.21. The molecule has 1 aromatic carbocycles. The van der Waals surface area contributed by atoms with Crippen molar-refractivity contribution in [3.8, 4) is 0 Å². The summed E-state index contributed by atoms with van der Waals surface area (Å²) in [5, 5.41) is 0.722. The highest BCUT2D eigenvalue weighted by Gasteiger charge is 2.23. The minimum absolute atomic E-state index is 0. The standard InChI is InChI=1S/C19H23N3O2S.ClH/c1-13-11-15-17(12-14(13)2)25-19(20-15)22(9-6-8-21(3)4)18(23)16-7-5-10-24-16;/h5,7,10-12H,6,8-9H2,1-4H3;1H. The fourth-order valence-corrected chi connectivity index (χ4v) is 3.72. The van der Waals surface area contributed by atoms with E-state index in [0.717, 1.165) is 28.3 Å². The number of amides is 1. The molecular formula is C19H24ClN3O2S. The predicted molar refractivity (Wildman–Crippen MR) is 110 cm³/mol. The zero-order valence-corrected chi connectivity index (χ0v) is 17.1. The Bertz CT molecular complexity index is 835. The summed E-state index contributed by atoms with van der Waals surface area (Å²) in [6.45, 7) is 5.69. The van der Waals surface area contributed by atoms with Crippen LogP contribution in [-0.2, 0) is 0 Å². The van der Waals surface area contributed by atoms with Gasteiger partial charge in [0.1, 0.15) is 0 Å². The van der Waals surface area contributed by atoms with Gasteiger partial charge in [-0.15, -0.1) is 12.4 Å². The number of carbonyl (C=O) groups is 1. The van der Waals surface area contributed by atoms with Gasteiger partial charge in [0, 0.05) is 6.54 Å². The molecule has 3 aromatic rings. The molecule has 0 unspecified atom stereocenters. The molecule has 2 aromatic heterocycles. The van der Waals surface area contributed by atoms with Crippen LogP contribution in [0.3, 0.4) is 0 Å². The first kappa shape index (κ1) is 20.4. The third kappa shape index (κ3) is 4.44.